The summed E-state index contributed by atoms with van der Waals surface area (Å²) in [6, 6.07) is 16.4. The molecule has 5 heteroatoms. The topological polar surface area (TPSA) is 52.9 Å². The first-order valence-corrected chi connectivity index (χ1v) is 8.48. The van der Waals surface area contributed by atoms with Gasteiger partial charge in [-0.25, -0.2) is 0 Å². The number of hydrogen-bond acceptors (Lipinski definition) is 4. The fourth-order valence-corrected chi connectivity index (χ4v) is 2.75. The average Bonchev–Trinajstić information content (AvgIpc) is 2.56. The number of thioether (sulfide) groups is 1. The summed E-state index contributed by atoms with van der Waals surface area (Å²) in [6.45, 7) is 2.00. The van der Waals surface area contributed by atoms with Gasteiger partial charge in [-0.1, -0.05) is 41.4 Å². The lowest BCUT2D eigenvalue weighted by Crippen LogP contribution is -2.09. The molecule has 0 amide bonds. The minimum absolute atomic E-state index is 0.0474. The van der Waals surface area contributed by atoms with E-state index in [9.17, 15) is 10.1 Å². The number of anilines is 1. The molecule has 0 aliphatic heterocycles. The molecule has 0 atom stereocenters. The molecule has 0 bridgehead atoms. The summed E-state index contributed by atoms with van der Waals surface area (Å²) in [4.78, 5) is 12.6. The maximum atomic E-state index is 12.6. The Hall–Kier alpha value is -2.22. The van der Waals surface area contributed by atoms with Crippen LogP contribution in [0.1, 0.15) is 15.9 Å². The van der Waals surface area contributed by atoms with Crippen molar-refractivity contribution < 1.29 is 4.79 Å². The van der Waals surface area contributed by atoms with Gasteiger partial charge in [0.1, 0.15) is 11.6 Å². The third-order valence-electron chi connectivity index (χ3n) is 3.20. The van der Waals surface area contributed by atoms with Crippen molar-refractivity contribution in [2.24, 2.45) is 0 Å². The minimum atomic E-state index is -0.387. The zero-order valence-corrected chi connectivity index (χ0v) is 14.3. The summed E-state index contributed by atoms with van der Waals surface area (Å²) >= 11 is 7.38. The predicted octanol–water partition coefficient (Wildman–Crippen LogP) is 5.04. The van der Waals surface area contributed by atoms with E-state index in [0.717, 1.165) is 11.3 Å². The molecule has 3 nitrogen and oxygen atoms in total. The number of nitrogens with zero attached hydrogens (tertiary/aromatic N) is 1. The van der Waals surface area contributed by atoms with Crippen molar-refractivity contribution in [1.29, 1.82) is 5.26 Å². The van der Waals surface area contributed by atoms with Crippen LogP contribution in [-0.2, 0) is 0 Å². The Morgan fingerprint density at radius 3 is 2.39 bits per heavy atom. The molecule has 0 saturated carbocycles. The lowest BCUT2D eigenvalue weighted by atomic mass is 10.1. The molecule has 0 radical (unpaired) electrons. The number of nitrogens with one attached hydrogen (secondary N) is 1. The molecule has 0 spiro atoms. The summed E-state index contributed by atoms with van der Waals surface area (Å²) in [7, 11) is 0. The first kappa shape index (κ1) is 17.1. The van der Waals surface area contributed by atoms with E-state index in [1.165, 1.54) is 11.8 Å². The zero-order chi connectivity index (χ0) is 16.8. The standard InChI is InChI=1S/C18H15ClN2OS/c1-12-7-9-13(10-8-12)21-18(23-2)15(11-20)17(22)14-5-3-4-6-16(14)19/h3-10,21H,1-2H3/b18-15+. The van der Waals surface area contributed by atoms with Crippen LogP contribution < -0.4 is 5.32 Å². The highest BCUT2D eigenvalue weighted by molar-refractivity contribution is 8.02. The van der Waals surface area contributed by atoms with E-state index >= 15 is 0 Å². The summed E-state index contributed by atoms with van der Waals surface area (Å²) < 4.78 is 0. The number of carbonyl (C=O) groups is 1. The highest BCUT2D eigenvalue weighted by Gasteiger charge is 2.19. The van der Waals surface area contributed by atoms with Gasteiger partial charge in [0.15, 0.2) is 0 Å². The number of halogens is 1. The van der Waals surface area contributed by atoms with Crippen LogP contribution in [0.25, 0.3) is 0 Å². The third kappa shape index (κ3) is 4.16. The third-order valence-corrected chi connectivity index (χ3v) is 4.24. The first-order valence-electron chi connectivity index (χ1n) is 6.88. The second-order valence-electron chi connectivity index (χ2n) is 4.82. The van der Waals surface area contributed by atoms with Crippen molar-refractivity contribution in [3.05, 3.63) is 75.3 Å². The molecule has 1 N–H and O–H groups in total. The fraction of sp³-hybridized carbons (Fsp3) is 0.111. The number of nitriles is 1. The monoisotopic (exact) mass is 342 g/mol. The maximum Gasteiger partial charge on any atom is 0.207 e. The number of Topliss-reactive ketones (excluding diaryl/α,β-unsaturated/α-hetero) is 1. The molecule has 0 heterocycles. The number of benzene rings is 2. The van der Waals surface area contributed by atoms with Crippen molar-refractivity contribution in [3.63, 3.8) is 0 Å². The van der Waals surface area contributed by atoms with Crippen molar-refractivity contribution in [1.82, 2.24) is 0 Å². The zero-order valence-electron chi connectivity index (χ0n) is 12.8. The molecule has 0 fully saturated rings. The normalized spacial score (nSPS) is 11.4. The molecular weight excluding hydrogens is 328 g/mol. The minimum Gasteiger partial charge on any atom is -0.349 e. The Balaban J connectivity index is 2.40. The molecule has 0 aliphatic rings. The summed E-state index contributed by atoms with van der Waals surface area (Å²) in [5, 5.41) is 13.4. The Bertz CT molecular complexity index is 791. The lowest BCUT2D eigenvalue weighted by molar-refractivity contribution is 0.103. The van der Waals surface area contributed by atoms with Crippen LogP contribution in [0.2, 0.25) is 5.02 Å². The van der Waals surface area contributed by atoms with Gasteiger partial charge in [0, 0.05) is 11.3 Å². The van der Waals surface area contributed by atoms with Crippen LogP contribution in [0.4, 0.5) is 5.69 Å². The quantitative estimate of drug-likeness (QED) is 0.469. The van der Waals surface area contributed by atoms with Crippen LogP contribution in [0.3, 0.4) is 0 Å². The van der Waals surface area contributed by atoms with Gasteiger partial charge < -0.3 is 5.32 Å². The first-order chi connectivity index (χ1) is 11.1. The maximum absolute atomic E-state index is 12.6. The predicted molar refractivity (Wildman–Crippen MR) is 96.7 cm³/mol. The van der Waals surface area contributed by atoms with Crippen LogP contribution in [0.5, 0.6) is 0 Å². The smallest absolute Gasteiger partial charge is 0.207 e. The van der Waals surface area contributed by atoms with Gasteiger partial charge in [-0.15, -0.1) is 11.8 Å². The molecule has 2 aromatic carbocycles. The summed E-state index contributed by atoms with van der Waals surface area (Å²) in [5.41, 5.74) is 2.33. The van der Waals surface area contributed by atoms with Crippen molar-refractivity contribution >= 4 is 34.8 Å². The molecule has 2 aromatic rings. The Morgan fingerprint density at radius 1 is 1.17 bits per heavy atom. The van der Waals surface area contributed by atoms with Gasteiger partial charge in [-0.2, -0.15) is 5.26 Å². The van der Waals surface area contributed by atoms with E-state index < -0.39 is 0 Å². The van der Waals surface area contributed by atoms with Crippen molar-refractivity contribution in [2.45, 2.75) is 6.92 Å². The molecule has 0 saturated heterocycles. The molecule has 0 unspecified atom stereocenters. The Labute approximate surface area is 145 Å². The van der Waals surface area contributed by atoms with Crippen LogP contribution in [0.15, 0.2) is 59.1 Å². The highest BCUT2D eigenvalue weighted by atomic mass is 35.5. The van der Waals surface area contributed by atoms with Crippen LogP contribution in [0, 0.1) is 18.3 Å². The van der Waals surface area contributed by atoms with Gasteiger partial charge in [0.2, 0.25) is 5.78 Å². The summed E-state index contributed by atoms with van der Waals surface area (Å²) in [5.74, 6) is -0.387. The van der Waals surface area contributed by atoms with E-state index in [-0.39, 0.29) is 11.4 Å². The van der Waals surface area contributed by atoms with Gasteiger partial charge in [-0.05, 0) is 37.4 Å². The van der Waals surface area contributed by atoms with Crippen LogP contribution in [-0.4, -0.2) is 12.0 Å². The number of carbonyl (C=O) groups excluding carboxylic acids is 1. The molecule has 23 heavy (non-hydrogen) atoms. The van der Waals surface area contributed by atoms with Gasteiger partial charge in [0.25, 0.3) is 0 Å². The second-order valence-corrected chi connectivity index (χ2v) is 6.04. The average molecular weight is 343 g/mol. The largest absolute Gasteiger partial charge is 0.349 e. The number of rotatable bonds is 5. The second kappa shape index (κ2) is 7.87. The highest BCUT2D eigenvalue weighted by Crippen LogP contribution is 2.25. The molecular formula is C18H15ClN2OS. The van der Waals surface area contributed by atoms with E-state index in [0.29, 0.717) is 15.6 Å². The number of hydrogen-bond donors (Lipinski definition) is 1. The fourth-order valence-electron chi connectivity index (χ4n) is 1.97. The number of ketones is 1. The van der Waals surface area contributed by atoms with Crippen molar-refractivity contribution in [3.8, 4) is 6.07 Å². The van der Waals surface area contributed by atoms with Crippen LogP contribution >= 0.6 is 23.4 Å². The van der Waals surface area contributed by atoms with E-state index in [2.05, 4.69) is 5.32 Å². The number of allylic oxidation sites excluding steroid dienone is 1. The van der Waals surface area contributed by atoms with Gasteiger partial charge >= 0.3 is 0 Å². The summed E-state index contributed by atoms with van der Waals surface area (Å²) in [6.07, 6.45) is 1.81. The van der Waals surface area contributed by atoms with Gasteiger partial charge in [-0.3, -0.25) is 4.79 Å². The molecule has 0 aliphatic carbocycles. The Morgan fingerprint density at radius 2 is 1.83 bits per heavy atom. The lowest BCUT2D eigenvalue weighted by Gasteiger charge is -2.11. The van der Waals surface area contributed by atoms with E-state index in [1.807, 2.05) is 43.5 Å². The molecule has 116 valence electrons. The molecule has 2 rings (SSSR count). The molecule has 0 aromatic heterocycles. The Kier molecular flexibility index (Phi) is 5.86. The van der Waals surface area contributed by atoms with E-state index in [4.69, 9.17) is 11.6 Å². The van der Waals surface area contributed by atoms with Crippen molar-refractivity contribution in [2.75, 3.05) is 11.6 Å². The van der Waals surface area contributed by atoms with Gasteiger partial charge in [0.05, 0.1) is 10.1 Å². The van der Waals surface area contributed by atoms with E-state index in [1.54, 1.807) is 24.3 Å². The SMILES string of the molecule is CS/C(Nc1ccc(C)cc1)=C(\C#N)C(=O)c1ccccc1Cl. The number of aryl methyl sites for hydroxylation is 1.